The van der Waals surface area contributed by atoms with Crippen molar-refractivity contribution >= 4 is 11.9 Å². The van der Waals surface area contributed by atoms with E-state index in [4.69, 9.17) is 0 Å². The van der Waals surface area contributed by atoms with Gasteiger partial charge >= 0.3 is 6.03 Å². The van der Waals surface area contributed by atoms with Crippen LogP contribution in [0, 0.1) is 5.92 Å². The van der Waals surface area contributed by atoms with Crippen molar-refractivity contribution in [2.45, 2.75) is 50.6 Å². The Balaban J connectivity index is 1.74. The van der Waals surface area contributed by atoms with E-state index in [1.165, 1.54) is 12.8 Å². The molecule has 24 heavy (non-hydrogen) atoms. The number of carbonyl (C=O) groups is 2. The molecule has 2 fully saturated rings. The van der Waals surface area contributed by atoms with Gasteiger partial charge in [0.25, 0.3) is 0 Å². The number of likely N-dealkylation sites (N-methyl/N-ethyl adjacent to an activating group) is 1. The van der Waals surface area contributed by atoms with Crippen LogP contribution in [-0.2, 0) is 4.79 Å². The number of amides is 3. The minimum Gasteiger partial charge on any atom is -0.357 e. The van der Waals surface area contributed by atoms with Gasteiger partial charge in [-0.3, -0.25) is 9.78 Å². The number of rotatable bonds is 4. The summed E-state index contributed by atoms with van der Waals surface area (Å²) in [5.74, 6) is 0.336. The van der Waals surface area contributed by atoms with Crippen molar-refractivity contribution in [3.05, 3.63) is 30.1 Å². The molecule has 2 heterocycles. The van der Waals surface area contributed by atoms with Crippen molar-refractivity contribution in [2.24, 2.45) is 5.92 Å². The molecule has 130 valence electrons. The van der Waals surface area contributed by atoms with Gasteiger partial charge in [-0.05, 0) is 43.7 Å². The molecule has 3 amide bonds. The zero-order chi connectivity index (χ0) is 16.9. The fourth-order valence-electron chi connectivity index (χ4n) is 3.95. The van der Waals surface area contributed by atoms with Crippen LogP contribution in [0.15, 0.2) is 24.4 Å². The molecule has 1 aliphatic carbocycles. The zero-order valence-corrected chi connectivity index (χ0v) is 14.2. The van der Waals surface area contributed by atoms with Crippen LogP contribution in [0.5, 0.6) is 0 Å². The van der Waals surface area contributed by atoms with Gasteiger partial charge in [0.15, 0.2) is 0 Å². The second kappa shape index (κ2) is 7.64. The normalized spacial score (nSPS) is 22.4. The summed E-state index contributed by atoms with van der Waals surface area (Å²) in [6, 6.07) is 5.24. The number of hydrogen-bond acceptors (Lipinski definition) is 3. The topological polar surface area (TPSA) is 74.3 Å². The summed E-state index contributed by atoms with van der Waals surface area (Å²) in [7, 11) is 1.62. The van der Waals surface area contributed by atoms with Gasteiger partial charge < -0.3 is 15.5 Å². The number of hydrogen-bond donors (Lipinski definition) is 2. The second-order valence-electron chi connectivity index (χ2n) is 6.69. The molecular weight excluding hydrogens is 304 g/mol. The minimum atomic E-state index is -0.358. The molecule has 2 N–H and O–H groups in total. The summed E-state index contributed by atoms with van der Waals surface area (Å²) in [5.41, 5.74) is 0.911. The summed E-state index contributed by atoms with van der Waals surface area (Å²) in [4.78, 5) is 31.0. The third-order valence-electron chi connectivity index (χ3n) is 5.22. The zero-order valence-electron chi connectivity index (χ0n) is 14.2. The van der Waals surface area contributed by atoms with E-state index in [-0.39, 0.29) is 24.0 Å². The number of carbonyl (C=O) groups excluding carboxylic acids is 2. The number of aromatic nitrogens is 1. The largest absolute Gasteiger partial charge is 0.357 e. The summed E-state index contributed by atoms with van der Waals surface area (Å²) < 4.78 is 0. The van der Waals surface area contributed by atoms with Crippen LogP contribution in [0.1, 0.15) is 50.3 Å². The lowest BCUT2D eigenvalue weighted by molar-refractivity contribution is -0.124. The van der Waals surface area contributed by atoms with E-state index >= 15 is 0 Å². The molecule has 0 bridgehead atoms. The predicted molar refractivity (Wildman–Crippen MR) is 91.3 cm³/mol. The van der Waals surface area contributed by atoms with E-state index in [0.29, 0.717) is 12.5 Å². The van der Waals surface area contributed by atoms with Crippen molar-refractivity contribution in [2.75, 3.05) is 13.6 Å². The van der Waals surface area contributed by atoms with Crippen molar-refractivity contribution < 1.29 is 9.59 Å². The van der Waals surface area contributed by atoms with Gasteiger partial charge in [0, 0.05) is 19.8 Å². The summed E-state index contributed by atoms with van der Waals surface area (Å²) >= 11 is 0. The molecule has 1 aromatic heterocycles. The third-order valence-corrected chi connectivity index (χ3v) is 5.22. The summed E-state index contributed by atoms with van der Waals surface area (Å²) in [6.07, 6.45) is 7.99. The van der Waals surface area contributed by atoms with E-state index in [2.05, 4.69) is 15.6 Å². The first-order valence-electron chi connectivity index (χ1n) is 8.90. The molecule has 2 atom stereocenters. The minimum absolute atomic E-state index is 0.0767. The predicted octanol–water partition coefficient (Wildman–Crippen LogP) is 2.23. The Morgan fingerprint density at radius 2 is 2.00 bits per heavy atom. The quantitative estimate of drug-likeness (QED) is 0.889. The Bertz CT molecular complexity index is 572. The summed E-state index contributed by atoms with van der Waals surface area (Å²) in [5, 5.41) is 5.83. The van der Waals surface area contributed by atoms with Crippen LogP contribution in [0.3, 0.4) is 0 Å². The van der Waals surface area contributed by atoms with E-state index in [0.717, 1.165) is 31.4 Å². The number of likely N-dealkylation sites (tertiary alicyclic amines) is 1. The molecule has 2 aliphatic rings. The molecule has 0 aromatic carbocycles. The number of nitrogens with one attached hydrogen (secondary N) is 2. The number of pyridine rings is 1. The highest BCUT2D eigenvalue weighted by Crippen LogP contribution is 2.35. The summed E-state index contributed by atoms with van der Waals surface area (Å²) in [6.45, 7) is 0.628. The number of nitrogens with zero attached hydrogens (tertiary/aromatic N) is 2. The van der Waals surface area contributed by atoms with Crippen molar-refractivity contribution in [3.63, 3.8) is 0 Å². The van der Waals surface area contributed by atoms with Crippen molar-refractivity contribution in [3.8, 4) is 0 Å². The van der Waals surface area contributed by atoms with Gasteiger partial charge in [0.05, 0.1) is 11.7 Å². The van der Waals surface area contributed by atoms with Gasteiger partial charge in [-0.15, -0.1) is 0 Å². The molecule has 6 nitrogen and oxygen atoms in total. The van der Waals surface area contributed by atoms with E-state index in [1.54, 1.807) is 18.1 Å². The molecule has 1 saturated carbocycles. The van der Waals surface area contributed by atoms with Crippen LogP contribution in [0.25, 0.3) is 0 Å². The molecule has 0 spiro atoms. The smallest absolute Gasteiger partial charge is 0.318 e. The monoisotopic (exact) mass is 330 g/mol. The average molecular weight is 330 g/mol. The lowest BCUT2D eigenvalue weighted by atomic mass is 9.95. The maximum Gasteiger partial charge on any atom is 0.318 e. The van der Waals surface area contributed by atoms with Crippen molar-refractivity contribution in [1.82, 2.24) is 20.5 Å². The molecule has 3 rings (SSSR count). The Morgan fingerprint density at radius 3 is 2.67 bits per heavy atom. The number of urea groups is 1. The maximum atomic E-state index is 12.8. The second-order valence-corrected chi connectivity index (χ2v) is 6.69. The third kappa shape index (κ3) is 3.52. The first-order valence-corrected chi connectivity index (χ1v) is 8.90. The Hall–Kier alpha value is -2.11. The molecule has 0 radical (unpaired) electrons. The highest BCUT2D eigenvalue weighted by Gasteiger charge is 2.36. The van der Waals surface area contributed by atoms with Crippen LogP contribution in [0.2, 0.25) is 0 Å². The fraction of sp³-hybridized carbons (Fsp3) is 0.611. The van der Waals surface area contributed by atoms with E-state index in [1.807, 2.05) is 18.2 Å². The lowest BCUT2D eigenvalue weighted by Crippen LogP contribution is -2.50. The molecule has 1 aliphatic heterocycles. The van der Waals surface area contributed by atoms with E-state index in [9.17, 15) is 9.59 Å². The van der Waals surface area contributed by atoms with Crippen LogP contribution in [0.4, 0.5) is 4.79 Å². The van der Waals surface area contributed by atoms with E-state index < -0.39 is 0 Å². The van der Waals surface area contributed by atoms with Crippen LogP contribution >= 0.6 is 0 Å². The first-order chi connectivity index (χ1) is 11.7. The Labute approximate surface area is 143 Å². The first kappa shape index (κ1) is 16.7. The van der Waals surface area contributed by atoms with Crippen molar-refractivity contribution in [1.29, 1.82) is 0 Å². The average Bonchev–Trinajstić information content (AvgIpc) is 3.31. The van der Waals surface area contributed by atoms with Gasteiger partial charge in [-0.1, -0.05) is 18.9 Å². The molecule has 6 heteroatoms. The molecule has 1 aromatic rings. The maximum absolute atomic E-state index is 12.8. The standard InChI is InChI=1S/C18H26N4O2/c1-19-17(23)15-10-6-12-22(15)18(24)21-16(13-7-2-3-8-13)14-9-4-5-11-20-14/h4-5,9,11,13,15-16H,2-3,6-8,10,12H2,1H3,(H,19,23)(H,21,24). The van der Waals surface area contributed by atoms with Crippen LogP contribution < -0.4 is 10.6 Å². The Kier molecular flexibility index (Phi) is 5.33. The van der Waals surface area contributed by atoms with Gasteiger partial charge in [-0.25, -0.2) is 4.79 Å². The molecule has 1 saturated heterocycles. The Morgan fingerprint density at radius 1 is 1.21 bits per heavy atom. The van der Waals surface area contributed by atoms with Gasteiger partial charge in [0.1, 0.15) is 6.04 Å². The highest BCUT2D eigenvalue weighted by atomic mass is 16.2. The SMILES string of the molecule is CNC(=O)C1CCCN1C(=O)NC(c1ccccn1)C1CCCC1. The highest BCUT2D eigenvalue weighted by molar-refractivity contribution is 5.87. The van der Waals surface area contributed by atoms with Gasteiger partial charge in [-0.2, -0.15) is 0 Å². The molecular formula is C18H26N4O2. The lowest BCUT2D eigenvalue weighted by Gasteiger charge is -2.29. The van der Waals surface area contributed by atoms with Crippen LogP contribution in [-0.4, -0.2) is 41.5 Å². The fourth-order valence-corrected chi connectivity index (χ4v) is 3.95. The molecule has 2 unspecified atom stereocenters. The van der Waals surface area contributed by atoms with Gasteiger partial charge in [0.2, 0.25) is 5.91 Å².